The van der Waals surface area contributed by atoms with Crippen molar-refractivity contribution in [2.24, 2.45) is 5.92 Å². The summed E-state index contributed by atoms with van der Waals surface area (Å²) in [5.41, 5.74) is 0. The molecule has 2 aliphatic heterocycles. The van der Waals surface area contributed by atoms with Crippen molar-refractivity contribution >= 4 is 6.03 Å². The monoisotopic (exact) mass is 294 g/mol. The molecule has 0 aromatic carbocycles. The van der Waals surface area contributed by atoms with E-state index in [2.05, 4.69) is 11.2 Å². The second-order valence-corrected chi connectivity index (χ2v) is 5.96. The SMILES string of the molecule is C#CC[C@@H](CC)NC(=O)N1CCC[C@@H](C2(C)OCCO2)C1. The minimum atomic E-state index is -0.540. The molecule has 2 amide bonds. The van der Waals surface area contributed by atoms with Gasteiger partial charge in [0.25, 0.3) is 0 Å². The van der Waals surface area contributed by atoms with Crippen LogP contribution in [0.5, 0.6) is 0 Å². The van der Waals surface area contributed by atoms with Crippen molar-refractivity contribution in [3.63, 3.8) is 0 Å². The molecular formula is C16H26N2O3. The van der Waals surface area contributed by atoms with Crippen molar-refractivity contribution in [1.29, 1.82) is 0 Å². The van der Waals surface area contributed by atoms with Crippen LogP contribution in [0.2, 0.25) is 0 Å². The van der Waals surface area contributed by atoms with Crippen molar-refractivity contribution in [3.05, 3.63) is 0 Å². The van der Waals surface area contributed by atoms with E-state index in [9.17, 15) is 4.79 Å². The number of hydrogen-bond acceptors (Lipinski definition) is 3. The predicted molar refractivity (Wildman–Crippen MR) is 80.7 cm³/mol. The van der Waals surface area contributed by atoms with E-state index in [0.29, 0.717) is 26.2 Å². The number of nitrogens with one attached hydrogen (secondary N) is 1. The lowest BCUT2D eigenvalue weighted by Crippen LogP contribution is -2.52. The summed E-state index contributed by atoms with van der Waals surface area (Å²) in [6, 6.07) is 0.0286. The van der Waals surface area contributed by atoms with Crippen LogP contribution in [0.25, 0.3) is 0 Å². The van der Waals surface area contributed by atoms with Crippen LogP contribution in [0.15, 0.2) is 0 Å². The van der Waals surface area contributed by atoms with E-state index in [1.165, 1.54) is 0 Å². The van der Waals surface area contributed by atoms with Gasteiger partial charge in [0.05, 0.1) is 13.2 Å². The zero-order valence-electron chi connectivity index (χ0n) is 13.1. The van der Waals surface area contributed by atoms with E-state index >= 15 is 0 Å². The Morgan fingerprint density at radius 3 is 2.86 bits per heavy atom. The average molecular weight is 294 g/mol. The fraction of sp³-hybridized carbons (Fsp3) is 0.812. The lowest BCUT2D eigenvalue weighted by Gasteiger charge is -2.40. The summed E-state index contributed by atoms with van der Waals surface area (Å²) >= 11 is 0. The fourth-order valence-electron chi connectivity index (χ4n) is 3.06. The molecule has 0 radical (unpaired) electrons. The second-order valence-electron chi connectivity index (χ2n) is 5.96. The predicted octanol–water partition coefficient (Wildman–Crippen LogP) is 1.97. The molecule has 2 fully saturated rings. The summed E-state index contributed by atoms with van der Waals surface area (Å²) in [4.78, 5) is 14.2. The van der Waals surface area contributed by atoms with E-state index < -0.39 is 5.79 Å². The molecule has 0 unspecified atom stereocenters. The third-order valence-corrected chi connectivity index (χ3v) is 4.50. The molecule has 5 heteroatoms. The first-order valence-corrected chi connectivity index (χ1v) is 7.86. The van der Waals surface area contributed by atoms with Gasteiger partial charge in [0.15, 0.2) is 5.79 Å². The number of urea groups is 1. The van der Waals surface area contributed by atoms with Gasteiger partial charge >= 0.3 is 6.03 Å². The first-order chi connectivity index (χ1) is 10.1. The first kappa shape index (κ1) is 16.1. The van der Waals surface area contributed by atoms with E-state index in [1.807, 2.05) is 18.7 Å². The normalized spacial score (nSPS) is 26.1. The molecule has 2 saturated heterocycles. The van der Waals surface area contributed by atoms with Gasteiger partial charge in [-0.3, -0.25) is 0 Å². The van der Waals surface area contributed by atoms with E-state index in [4.69, 9.17) is 15.9 Å². The van der Waals surface area contributed by atoms with Crippen LogP contribution < -0.4 is 5.32 Å². The number of nitrogens with zero attached hydrogens (tertiary/aromatic N) is 1. The van der Waals surface area contributed by atoms with Crippen molar-refractivity contribution in [1.82, 2.24) is 10.2 Å². The molecule has 0 saturated carbocycles. The molecule has 0 aromatic rings. The number of terminal acetylenes is 1. The Kier molecular flexibility index (Phi) is 5.49. The van der Waals surface area contributed by atoms with Crippen LogP contribution in [0.1, 0.15) is 39.5 Å². The van der Waals surface area contributed by atoms with Gasteiger partial charge < -0.3 is 19.7 Å². The van der Waals surface area contributed by atoms with Crippen molar-refractivity contribution < 1.29 is 14.3 Å². The van der Waals surface area contributed by atoms with Gasteiger partial charge in [-0.15, -0.1) is 12.3 Å². The maximum Gasteiger partial charge on any atom is 0.317 e. The topological polar surface area (TPSA) is 50.8 Å². The third kappa shape index (κ3) is 3.90. The summed E-state index contributed by atoms with van der Waals surface area (Å²) in [5, 5.41) is 3.02. The fourth-order valence-corrected chi connectivity index (χ4v) is 3.06. The van der Waals surface area contributed by atoms with Gasteiger partial charge in [0.2, 0.25) is 0 Å². The Morgan fingerprint density at radius 2 is 2.24 bits per heavy atom. The molecule has 21 heavy (non-hydrogen) atoms. The largest absolute Gasteiger partial charge is 0.347 e. The van der Waals surface area contributed by atoms with E-state index in [-0.39, 0.29) is 18.0 Å². The van der Waals surface area contributed by atoms with Gasteiger partial charge in [-0.05, 0) is 26.2 Å². The smallest absolute Gasteiger partial charge is 0.317 e. The van der Waals surface area contributed by atoms with Crippen LogP contribution in [0.3, 0.4) is 0 Å². The highest BCUT2D eigenvalue weighted by Crippen LogP contribution is 2.34. The van der Waals surface area contributed by atoms with Crippen LogP contribution in [0.4, 0.5) is 4.79 Å². The van der Waals surface area contributed by atoms with Crippen LogP contribution in [-0.4, -0.2) is 49.1 Å². The van der Waals surface area contributed by atoms with E-state index in [0.717, 1.165) is 25.8 Å². The van der Waals surface area contributed by atoms with Crippen LogP contribution >= 0.6 is 0 Å². The average Bonchev–Trinajstić information content (AvgIpc) is 2.95. The Hall–Kier alpha value is -1.25. The molecule has 0 bridgehead atoms. The number of carbonyl (C=O) groups is 1. The van der Waals surface area contributed by atoms with Crippen molar-refractivity contribution in [2.75, 3.05) is 26.3 Å². The highest BCUT2D eigenvalue weighted by Gasteiger charge is 2.42. The number of amides is 2. The number of carbonyl (C=O) groups excluding carboxylic acids is 1. The third-order valence-electron chi connectivity index (χ3n) is 4.50. The molecule has 2 rings (SSSR count). The summed E-state index contributed by atoms with van der Waals surface area (Å²) in [7, 11) is 0. The standard InChI is InChI=1S/C16H26N2O3/c1-4-7-14(5-2)17-15(19)18-9-6-8-13(12-18)16(3)20-10-11-21-16/h1,13-14H,5-12H2,2-3H3,(H,17,19)/t13-,14-/m1/s1. The molecule has 1 N–H and O–H groups in total. The number of hydrogen-bond donors (Lipinski definition) is 1. The Morgan fingerprint density at radius 1 is 1.52 bits per heavy atom. The lowest BCUT2D eigenvalue weighted by molar-refractivity contribution is -0.189. The Bertz CT molecular complexity index is 399. The number of piperidine rings is 1. The summed E-state index contributed by atoms with van der Waals surface area (Å²) in [6.07, 6.45) is 8.76. The Balaban J connectivity index is 1.91. The minimum absolute atomic E-state index is 0.0246. The summed E-state index contributed by atoms with van der Waals surface area (Å²) < 4.78 is 11.5. The lowest BCUT2D eigenvalue weighted by atomic mass is 9.90. The van der Waals surface area contributed by atoms with Gasteiger partial charge in [0.1, 0.15) is 0 Å². The van der Waals surface area contributed by atoms with Crippen LogP contribution in [0, 0.1) is 18.3 Å². The molecule has 2 aliphatic rings. The van der Waals surface area contributed by atoms with Crippen molar-refractivity contribution in [3.8, 4) is 12.3 Å². The number of likely N-dealkylation sites (tertiary alicyclic amines) is 1. The zero-order valence-corrected chi connectivity index (χ0v) is 13.1. The number of rotatable bonds is 4. The molecular weight excluding hydrogens is 268 g/mol. The highest BCUT2D eigenvalue weighted by atomic mass is 16.7. The maximum absolute atomic E-state index is 12.4. The van der Waals surface area contributed by atoms with E-state index in [1.54, 1.807) is 0 Å². The molecule has 5 nitrogen and oxygen atoms in total. The van der Waals surface area contributed by atoms with Gasteiger partial charge in [0, 0.05) is 31.5 Å². The molecule has 118 valence electrons. The van der Waals surface area contributed by atoms with Crippen molar-refractivity contribution in [2.45, 2.75) is 51.4 Å². The molecule has 0 aromatic heterocycles. The summed E-state index contributed by atoms with van der Waals surface area (Å²) in [6.45, 7) is 6.75. The zero-order chi connectivity index (χ0) is 15.3. The minimum Gasteiger partial charge on any atom is -0.347 e. The van der Waals surface area contributed by atoms with Gasteiger partial charge in [-0.2, -0.15) is 0 Å². The Labute approximate surface area is 127 Å². The maximum atomic E-state index is 12.4. The summed E-state index contributed by atoms with van der Waals surface area (Å²) in [5.74, 6) is 2.30. The molecule has 2 atom stereocenters. The second kappa shape index (κ2) is 7.15. The van der Waals surface area contributed by atoms with Gasteiger partial charge in [-0.25, -0.2) is 4.79 Å². The molecule has 0 spiro atoms. The first-order valence-electron chi connectivity index (χ1n) is 7.86. The van der Waals surface area contributed by atoms with Crippen LogP contribution in [-0.2, 0) is 9.47 Å². The molecule has 2 heterocycles. The highest BCUT2D eigenvalue weighted by molar-refractivity contribution is 5.74. The quantitative estimate of drug-likeness (QED) is 0.807. The number of ether oxygens (including phenoxy) is 2. The van der Waals surface area contributed by atoms with Gasteiger partial charge in [-0.1, -0.05) is 6.92 Å². The molecule has 0 aliphatic carbocycles.